The highest BCUT2D eigenvalue weighted by atomic mass is 16.3. The molecule has 0 bridgehead atoms. The van der Waals surface area contributed by atoms with Crippen molar-refractivity contribution in [2.45, 2.75) is 44.2 Å². The average Bonchev–Trinajstić information content (AvgIpc) is 2.96. The molecule has 0 aliphatic heterocycles. The number of benzene rings is 2. The summed E-state index contributed by atoms with van der Waals surface area (Å²) in [6.45, 7) is 1.81. The quantitative estimate of drug-likeness (QED) is 0.187. The van der Waals surface area contributed by atoms with Gasteiger partial charge >= 0.3 is 0 Å². The SMILES string of the molecule is CC(=O)CCCNC(=O)c1cccc(-c2ccc(O)c3c2C[C@H]2C[C@H]4[C@H](N(C)C)C(=O)C(C(N)=O)=C(O)[C@@]4(O)C(=O)C2=C3O)c1. The number of nitrogens with one attached hydrogen (secondary N) is 1. The molecule has 0 aromatic heterocycles. The van der Waals surface area contributed by atoms with E-state index in [1.54, 1.807) is 30.3 Å². The zero-order valence-electron chi connectivity index (χ0n) is 25.1. The van der Waals surface area contributed by atoms with Gasteiger partial charge < -0.3 is 36.3 Å². The zero-order valence-corrected chi connectivity index (χ0v) is 25.1. The van der Waals surface area contributed by atoms with E-state index in [0.717, 1.165) is 0 Å². The molecule has 1 saturated carbocycles. The number of aliphatic hydroxyl groups excluding tert-OH is 2. The summed E-state index contributed by atoms with van der Waals surface area (Å²) < 4.78 is 0. The van der Waals surface area contributed by atoms with Gasteiger partial charge in [0.05, 0.1) is 11.6 Å². The molecule has 0 spiro atoms. The van der Waals surface area contributed by atoms with E-state index in [1.807, 2.05) is 0 Å². The van der Waals surface area contributed by atoms with Gasteiger partial charge in [-0.1, -0.05) is 18.2 Å². The van der Waals surface area contributed by atoms with Crippen molar-refractivity contribution in [1.29, 1.82) is 0 Å². The van der Waals surface area contributed by atoms with Crippen LogP contribution < -0.4 is 11.1 Å². The second-order valence-electron chi connectivity index (χ2n) is 12.1. The number of fused-ring (bicyclic) bond motifs is 3. The van der Waals surface area contributed by atoms with E-state index in [4.69, 9.17) is 5.73 Å². The number of primary amides is 1. The van der Waals surface area contributed by atoms with Crippen LogP contribution in [0.3, 0.4) is 0 Å². The second-order valence-corrected chi connectivity index (χ2v) is 12.1. The Labute approximate surface area is 258 Å². The number of phenols is 1. The predicted octanol–water partition coefficient (Wildman–Crippen LogP) is 1.73. The lowest BCUT2D eigenvalue weighted by molar-refractivity contribution is -0.153. The van der Waals surface area contributed by atoms with Crippen LogP contribution >= 0.6 is 0 Å². The molecule has 7 N–H and O–H groups in total. The Balaban J connectivity index is 1.59. The normalized spacial score (nSPS) is 24.2. The lowest BCUT2D eigenvalue weighted by Crippen LogP contribution is -2.65. The standard InChI is InChI=1S/C33H35N3O9/c1-15(37)6-5-11-35-32(44)17-8-4-7-16(12-17)19-9-10-22(38)24-20(19)13-18-14-21-26(36(2)3)28(40)25(31(34)43)30(42)33(21,45)29(41)23(18)27(24)39/h4,7-10,12,18,21,26,38-39,42,45H,5-6,11,13-14H2,1-3H3,(H2,34,43)(H,35,44)/t18-,21-,26-,33-/m0/s1. The number of carbonyl (C=O) groups excluding carboxylic acids is 5. The Morgan fingerprint density at radius 3 is 2.44 bits per heavy atom. The van der Waals surface area contributed by atoms with Crippen molar-refractivity contribution in [2.24, 2.45) is 17.6 Å². The minimum Gasteiger partial charge on any atom is -0.508 e. The molecule has 2 aromatic carbocycles. The van der Waals surface area contributed by atoms with E-state index in [9.17, 15) is 44.4 Å². The summed E-state index contributed by atoms with van der Waals surface area (Å²) in [6, 6.07) is 8.53. The van der Waals surface area contributed by atoms with Gasteiger partial charge in [0.1, 0.15) is 28.6 Å². The van der Waals surface area contributed by atoms with E-state index >= 15 is 0 Å². The van der Waals surface area contributed by atoms with Gasteiger partial charge in [0.15, 0.2) is 11.4 Å². The summed E-state index contributed by atoms with van der Waals surface area (Å²) in [5.41, 5.74) is 3.52. The highest BCUT2D eigenvalue weighted by Gasteiger charge is 2.64. The maximum absolute atomic E-state index is 14.0. The van der Waals surface area contributed by atoms with E-state index < -0.39 is 58.0 Å². The molecule has 0 unspecified atom stereocenters. The molecule has 45 heavy (non-hydrogen) atoms. The largest absolute Gasteiger partial charge is 0.508 e. The first-order valence-electron chi connectivity index (χ1n) is 14.6. The highest BCUT2D eigenvalue weighted by Crippen LogP contribution is 2.53. The molecule has 12 nitrogen and oxygen atoms in total. The molecule has 1 fully saturated rings. The molecule has 0 saturated heterocycles. The molecule has 3 aliphatic carbocycles. The number of amides is 2. The maximum Gasteiger partial charge on any atom is 0.255 e. The number of hydrogen-bond acceptors (Lipinski definition) is 10. The van der Waals surface area contributed by atoms with Gasteiger partial charge in [-0.05, 0) is 81.1 Å². The first-order chi connectivity index (χ1) is 21.2. The van der Waals surface area contributed by atoms with Gasteiger partial charge in [-0.2, -0.15) is 0 Å². The molecule has 236 valence electrons. The van der Waals surface area contributed by atoms with Gasteiger partial charge in [-0.3, -0.25) is 24.1 Å². The van der Waals surface area contributed by atoms with E-state index in [1.165, 1.54) is 32.0 Å². The van der Waals surface area contributed by atoms with Crippen molar-refractivity contribution in [3.63, 3.8) is 0 Å². The highest BCUT2D eigenvalue weighted by molar-refractivity contribution is 6.24. The third kappa shape index (κ3) is 5.09. The van der Waals surface area contributed by atoms with Gasteiger partial charge in [0.2, 0.25) is 5.78 Å². The van der Waals surface area contributed by atoms with Crippen molar-refractivity contribution in [3.05, 3.63) is 70.0 Å². The third-order valence-electron chi connectivity index (χ3n) is 9.03. The number of phenolic OH excluding ortho intramolecular Hbond substituents is 1. The van der Waals surface area contributed by atoms with Crippen molar-refractivity contribution in [3.8, 4) is 16.9 Å². The number of Topliss-reactive ketones (excluding diaryl/α,β-unsaturated/α-hetero) is 3. The molecule has 0 radical (unpaired) electrons. The van der Waals surface area contributed by atoms with Crippen molar-refractivity contribution < 1.29 is 44.4 Å². The first-order valence-corrected chi connectivity index (χ1v) is 14.6. The number of hydrogen-bond donors (Lipinski definition) is 6. The summed E-state index contributed by atoms with van der Waals surface area (Å²) in [5, 5.41) is 47.9. The number of nitrogens with two attached hydrogens (primary N) is 1. The molecule has 0 heterocycles. The number of rotatable bonds is 8. The fourth-order valence-electron chi connectivity index (χ4n) is 6.98. The van der Waals surface area contributed by atoms with Crippen LogP contribution in [0, 0.1) is 11.8 Å². The minimum absolute atomic E-state index is 0.0316. The Hall–Kier alpha value is -4.81. The van der Waals surface area contributed by atoms with Crippen LogP contribution in [0.25, 0.3) is 16.9 Å². The topological polar surface area (TPSA) is 208 Å². The average molecular weight is 618 g/mol. The van der Waals surface area contributed by atoms with Gasteiger partial charge in [-0.15, -0.1) is 0 Å². The molecule has 2 amide bonds. The summed E-state index contributed by atoms with van der Waals surface area (Å²) in [6.07, 6.45) is 0.934. The predicted molar refractivity (Wildman–Crippen MR) is 162 cm³/mol. The lowest BCUT2D eigenvalue weighted by Gasteiger charge is -2.50. The van der Waals surface area contributed by atoms with Crippen molar-refractivity contribution in [1.82, 2.24) is 10.2 Å². The van der Waals surface area contributed by atoms with Crippen molar-refractivity contribution >= 4 is 34.9 Å². The minimum atomic E-state index is -2.72. The van der Waals surface area contributed by atoms with Crippen LogP contribution in [0.5, 0.6) is 5.75 Å². The first kappa shape index (κ1) is 31.6. The molecular weight excluding hydrogens is 582 g/mol. The molecule has 3 aliphatic rings. The van der Waals surface area contributed by atoms with Crippen LogP contribution in [0.15, 0.2) is 53.3 Å². The Morgan fingerprint density at radius 1 is 1.09 bits per heavy atom. The number of nitrogens with zero attached hydrogens (tertiary/aromatic N) is 1. The van der Waals surface area contributed by atoms with E-state index in [2.05, 4.69) is 5.32 Å². The summed E-state index contributed by atoms with van der Waals surface area (Å²) in [5.74, 6) is -7.51. The maximum atomic E-state index is 14.0. The number of aliphatic hydroxyl groups is 3. The number of aromatic hydroxyl groups is 1. The number of ketones is 3. The van der Waals surface area contributed by atoms with Gasteiger partial charge in [-0.25, -0.2) is 0 Å². The molecule has 5 rings (SSSR count). The molecular formula is C33H35N3O9. The van der Waals surface area contributed by atoms with Crippen LogP contribution in [-0.2, 0) is 25.6 Å². The van der Waals surface area contributed by atoms with Gasteiger partial charge in [0, 0.05) is 30.0 Å². The number of carbonyl (C=O) groups is 5. The van der Waals surface area contributed by atoms with Crippen LogP contribution in [0.1, 0.15) is 47.7 Å². The van der Waals surface area contributed by atoms with E-state index in [-0.39, 0.29) is 41.4 Å². The summed E-state index contributed by atoms with van der Waals surface area (Å²) in [4.78, 5) is 65.0. The van der Waals surface area contributed by atoms with Crippen LogP contribution in [-0.4, -0.2) is 86.8 Å². The van der Waals surface area contributed by atoms with Crippen LogP contribution in [0.2, 0.25) is 0 Å². The fraction of sp³-hybridized carbons (Fsp3) is 0.364. The fourth-order valence-corrected chi connectivity index (χ4v) is 6.98. The zero-order chi connectivity index (χ0) is 33.0. The second kappa shape index (κ2) is 11.6. The molecule has 2 aromatic rings. The van der Waals surface area contributed by atoms with Crippen molar-refractivity contribution in [2.75, 3.05) is 20.6 Å². The molecule has 4 atom stereocenters. The monoisotopic (exact) mass is 617 g/mol. The van der Waals surface area contributed by atoms with Gasteiger partial charge in [0.25, 0.3) is 11.8 Å². The number of likely N-dealkylation sites (N-methyl/N-ethyl adjacent to an activating group) is 1. The van der Waals surface area contributed by atoms with Crippen LogP contribution in [0.4, 0.5) is 0 Å². The lowest BCUT2D eigenvalue weighted by atomic mass is 9.57. The Morgan fingerprint density at radius 2 is 1.80 bits per heavy atom. The van der Waals surface area contributed by atoms with E-state index in [0.29, 0.717) is 41.6 Å². The third-order valence-corrected chi connectivity index (χ3v) is 9.03. The molecule has 12 heteroatoms. The summed E-state index contributed by atoms with van der Waals surface area (Å²) in [7, 11) is 3.08. The summed E-state index contributed by atoms with van der Waals surface area (Å²) >= 11 is 0. The Bertz CT molecular complexity index is 1720. The Kier molecular flexibility index (Phi) is 8.15. The smallest absolute Gasteiger partial charge is 0.255 e.